The Morgan fingerprint density at radius 1 is 0.913 bits per heavy atom. The molecule has 0 radical (unpaired) electrons. The second-order valence-electron chi connectivity index (χ2n) is 5.08. The fourth-order valence-electron chi connectivity index (χ4n) is 1.97. The normalized spacial score (nSPS) is 10.1. The molecule has 2 aromatic carbocycles. The molecule has 0 saturated carbocycles. The van der Waals surface area contributed by atoms with Crippen LogP contribution in [0.2, 0.25) is 0 Å². The van der Waals surface area contributed by atoms with E-state index in [1.807, 2.05) is 25.1 Å². The molecular weight excluding hydrogens is 292 g/mol. The molecule has 4 nitrogen and oxygen atoms in total. The second-order valence-corrected chi connectivity index (χ2v) is 5.08. The number of ether oxygens (including phenoxy) is 2. The molecule has 4 heteroatoms. The molecule has 0 heterocycles. The first-order valence-electron chi connectivity index (χ1n) is 7.69. The van der Waals surface area contributed by atoms with Gasteiger partial charge in [-0.2, -0.15) is 0 Å². The maximum absolute atomic E-state index is 12.3. The molecule has 0 N–H and O–H groups in total. The van der Waals surface area contributed by atoms with Gasteiger partial charge in [0.25, 0.3) is 0 Å². The summed E-state index contributed by atoms with van der Waals surface area (Å²) >= 11 is 0. The van der Waals surface area contributed by atoms with Crippen molar-refractivity contribution in [3.8, 4) is 5.75 Å². The van der Waals surface area contributed by atoms with Crippen LogP contribution in [-0.4, -0.2) is 25.0 Å². The van der Waals surface area contributed by atoms with Gasteiger partial charge in [0, 0.05) is 11.1 Å². The highest BCUT2D eigenvalue weighted by Gasteiger charge is 2.09. The van der Waals surface area contributed by atoms with Gasteiger partial charge in [-0.05, 0) is 30.7 Å². The summed E-state index contributed by atoms with van der Waals surface area (Å²) in [5.74, 6) is 0.0982. The molecule has 0 aliphatic rings. The molecule has 0 spiro atoms. The molecule has 0 fully saturated rings. The molecule has 0 amide bonds. The van der Waals surface area contributed by atoms with Crippen LogP contribution in [0.1, 0.15) is 35.7 Å². The number of carbonyl (C=O) groups is 2. The van der Waals surface area contributed by atoms with E-state index in [2.05, 4.69) is 0 Å². The standard InChI is InChI=1S/C19H20O4/c1-2-3-13-22-18(20)14-23-17-11-9-16(10-12-17)19(21)15-7-5-4-6-8-15/h4-12H,2-3,13-14H2,1H3. The van der Waals surface area contributed by atoms with Crippen molar-refractivity contribution in [3.63, 3.8) is 0 Å². The molecular formula is C19H20O4. The first-order valence-corrected chi connectivity index (χ1v) is 7.69. The van der Waals surface area contributed by atoms with Crippen molar-refractivity contribution in [1.82, 2.24) is 0 Å². The second kappa shape index (κ2) is 8.73. The quantitative estimate of drug-likeness (QED) is 0.424. The van der Waals surface area contributed by atoms with Gasteiger partial charge in [0.1, 0.15) is 5.75 Å². The highest BCUT2D eigenvalue weighted by molar-refractivity contribution is 6.08. The molecule has 23 heavy (non-hydrogen) atoms. The molecule has 0 unspecified atom stereocenters. The zero-order valence-electron chi connectivity index (χ0n) is 13.2. The van der Waals surface area contributed by atoms with Gasteiger partial charge in [-0.25, -0.2) is 4.79 Å². The Kier molecular flexibility index (Phi) is 6.36. The Labute approximate surface area is 136 Å². The van der Waals surface area contributed by atoms with Crippen molar-refractivity contribution in [2.45, 2.75) is 19.8 Å². The molecule has 0 bridgehead atoms. The van der Waals surface area contributed by atoms with Crippen molar-refractivity contribution in [2.75, 3.05) is 13.2 Å². The number of esters is 1. The third-order valence-electron chi connectivity index (χ3n) is 3.27. The minimum atomic E-state index is -0.386. The van der Waals surface area contributed by atoms with Gasteiger partial charge in [-0.1, -0.05) is 43.7 Å². The van der Waals surface area contributed by atoms with Gasteiger partial charge in [0.15, 0.2) is 12.4 Å². The van der Waals surface area contributed by atoms with Gasteiger partial charge in [-0.3, -0.25) is 4.79 Å². The lowest BCUT2D eigenvalue weighted by molar-refractivity contribution is -0.146. The van der Waals surface area contributed by atoms with Crippen LogP contribution in [0.5, 0.6) is 5.75 Å². The number of unbranched alkanes of at least 4 members (excludes halogenated alkanes) is 1. The van der Waals surface area contributed by atoms with Crippen LogP contribution in [-0.2, 0) is 9.53 Å². The lowest BCUT2D eigenvalue weighted by Gasteiger charge is -2.07. The Hall–Kier alpha value is -2.62. The van der Waals surface area contributed by atoms with E-state index < -0.39 is 0 Å². The van der Waals surface area contributed by atoms with Crippen molar-refractivity contribution in [1.29, 1.82) is 0 Å². The minimum absolute atomic E-state index is 0.0453. The molecule has 0 aliphatic carbocycles. The van der Waals surface area contributed by atoms with E-state index >= 15 is 0 Å². The van der Waals surface area contributed by atoms with Crippen molar-refractivity contribution in [3.05, 3.63) is 65.7 Å². The minimum Gasteiger partial charge on any atom is -0.482 e. The van der Waals surface area contributed by atoms with Gasteiger partial charge in [-0.15, -0.1) is 0 Å². The molecule has 0 atom stereocenters. The van der Waals surface area contributed by atoms with E-state index in [4.69, 9.17) is 9.47 Å². The summed E-state index contributed by atoms with van der Waals surface area (Å²) < 4.78 is 10.4. The third-order valence-corrected chi connectivity index (χ3v) is 3.27. The Morgan fingerprint density at radius 3 is 2.22 bits per heavy atom. The largest absolute Gasteiger partial charge is 0.482 e. The lowest BCUT2D eigenvalue weighted by atomic mass is 10.0. The summed E-state index contributed by atoms with van der Waals surface area (Å²) in [7, 11) is 0. The highest BCUT2D eigenvalue weighted by atomic mass is 16.6. The maximum Gasteiger partial charge on any atom is 0.344 e. The van der Waals surface area contributed by atoms with E-state index in [0.29, 0.717) is 23.5 Å². The maximum atomic E-state index is 12.3. The first kappa shape index (κ1) is 16.7. The van der Waals surface area contributed by atoms with Crippen LogP contribution in [0.3, 0.4) is 0 Å². The van der Waals surface area contributed by atoms with Gasteiger partial charge >= 0.3 is 5.97 Å². The van der Waals surface area contributed by atoms with Crippen molar-refractivity contribution < 1.29 is 19.1 Å². The summed E-state index contributed by atoms with van der Waals surface area (Å²) in [5, 5.41) is 0. The summed E-state index contributed by atoms with van der Waals surface area (Å²) in [4.78, 5) is 23.7. The van der Waals surface area contributed by atoms with Gasteiger partial charge < -0.3 is 9.47 Å². The highest BCUT2D eigenvalue weighted by Crippen LogP contribution is 2.15. The molecule has 2 aromatic rings. The number of carbonyl (C=O) groups excluding carboxylic acids is 2. The van der Waals surface area contributed by atoms with Crippen LogP contribution in [0.15, 0.2) is 54.6 Å². The molecule has 0 aromatic heterocycles. The van der Waals surface area contributed by atoms with Crippen molar-refractivity contribution >= 4 is 11.8 Å². The Morgan fingerprint density at radius 2 is 1.57 bits per heavy atom. The fourth-order valence-corrected chi connectivity index (χ4v) is 1.97. The van der Waals surface area contributed by atoms with E-state index in [0.717, 1.165) is 12.8 Å². The third kappa shape index (κ3) is 5.25. The SMILES string of the molecule is CCCCOC(=O)COc1ccc(C(=O)c2ccccc2)cc1. The van der Waals surface area contributed by atoms with Gasteiger partial charge in [0.05, 0.1) is 6.61 Å². The average Bonchev–Trinajstić information content (AvgIpc) is 2.61. The predicted molar refractivity (Wildman–Crippen MR) is 87.7 cm³/mol. The molecule has 2 rings (SSSR count). The van der Waals surface area contributed by atoms with Crippen LogP contribution in [0.4, 0.5) is 0 Å². The first-order chi connectivity index (χ1) is 11.2. The monoisotopic (exact) mass is 312 g/mol. The van der Waals surface area contributed by atoms with E-state index in [9.17, 15) is 9.59 Å². The topological polar surface area (TPSA) is 52.6 Å². The van der Waals surface area contributed by atoms with Crippen molar-refractivity contribution in [2.24, 2.45) is 0 Å². The number of ketones is 1. The average molecular weight is 312 g/mol. The number of benzene rings is 2. The van der Waals surface area contributed by atoms with Crippen LogP contribution in [0, 0.1) is 0 Å². The fraction of sp³-hybridized carbons (Fsp3) is 0.263. The predicted octanol–water partition coefficient (Wildman–Crippen LogP) is 3.64. The van der Waals surface area contributed by atoms with Crippen LogP contribution in [0.25, 0.3) is 0 Å². The van der Waals surface area contributed by atoms with Crippen LogP contribution < -0.4 is 4.74 Å². The Balaban J connectivity index is 1.87. The summed E-state index contributed by atoms with van der Waals surface area (Å²) in [5.41, 5.74) is 1.22. The summed E-state index contributed by atoms with van der Waals surface area (Å²) in [6.07, 6.45) is 1.83. The molecule has 120 valence electrons. The lowest BCUT2D eigenvalue weighted by Crippen LogP contribution is -2.15. The zero-order chi connectivity index (χ0) is 16.5. The summed E-state index contributed by atoms with van der Waals surface area (Å²) in [6.45, 7) is 2.32. The number of hydrogen-bond donors (Lipinski definition) is 0. The molecule has 0 saturated heterocycles. The van der Waals surface area contributed by atoms with E-state index in [-0.39, 0.29) is 18.4 Å². The van der Waals surface area contributed by atoms with Gasteiger partial charge in [0.2, 0.25) is 0 Å². The van der Waals surface area contributed by atoms with E-state index in [1.165, 1.54) is 0 Å². The smallest absolute Gasteiger partial charge is 0.344 e. The molecule has 0 aliphatic heterocycles. The van der Waals surface area contributed by atoms with Crippen LogP contribution >= 0.6 is 0 Å². The van der Waals surface area contributed by atoms with E-state index in [1.54, 1.807) is 36.4 Å². The summed E-state index contributed by atoms with van der Waals surface area (Å²) in [6, 6.07) is 15.8. The zero-order valence-corrected chi connectivity index (χ0v) is 13.2. The number of rotatable bonds is 8. The number of hydrogen-bond acceptors (Lipinski definition) is 4. The Bertz CT molecular complexity index is 632.